The maximum absolute atomic E-state index is 11.1. The average Bonchev–Trinajstić information content (AvgIpc) is 2.20. The van der Waals surface area contributed by atoms with Crippen molar-refractivity contribution in [1.29, 1.82) is 0 Å². The molecular formula is C9H9BrN2O3. The van der Waals surface area contributed by atoms with Crippen LogP contribution in [0.2, 0.25) is 0 Å². The summed E-state index contributed by atoms with van der Waals surface area (Å²) in [5, 5.41) is 13.3. The van der Waals surface area contributed by atoms with Gasteiger partial charge in [0.05, 0.1) is 21.5 Å². The molecule has 0 heterocycles. The summed E-state index contributed by atoms with van der Waals surface area (Å²) in [6.45, 7) is 1.60. The van der Waals surface area contributed by atoms with Crippen LogP contribution < -0.4 is 5.32 Å². The highest BCUT2D eigenvalue weighted by atomic mass is 79.9. The molecule has 0 saturated heterocycles. The summed E-state index contributed by atoms with van der Waals surface area (Å²) in [5.41, 5.74) is 0.924. The molecule has 1 amide bonds. The summed E-state index contributed by atoms with van der Waals surface area (Å²) >= 11 is 3.00. The predicted octanol–water partition coefficient (Wildman–Crippen LogP) is 2.24. The van der Waals surface area contributed by atoms with E-state index in [0.717, 1.165) is 0 Å². The predicted molar refractivity (Wildman–Crippen MR) is 60.3 cm³/mol. The molecule has 1 N–H and O–H groups in total. The van der Waals surface area contributed by atoms with Crippen LogP contribution in [0.4, 0.5) is 11.4 Å². The van der Waals surface area contributed by atoms with Crippen LogP contribution in [0, 0.1) is 17.0 Å². The fraction of sp³-hybridized carbons (Fsp3) is 0.222. The number of halogens is 1. The lowest BCUT2D eigenvalue weighted by atomic mass is 10.1. The van der Waals surface area contributed by atoms with E-state index in [1.807, 2.05) is 0 Å². The van der Waals surface area contributed by atoms with Crippen LogP contribution in [0.3, 0.4) is 0 Å². The number of nitro groups is 1. The quantitative estimate of drug-likeness (QED) is 0.521. The van der Waals surface area contributed by atoms with Gasteiger partial charge in [0.2, 0.25) is 5.91 Å². The van der Waals surface area contributed by atoms with Gasteiger partial charge in [-0.25, -0.2) is 0 Å². The first kappa shape index (κ1) is 11.6. The zero-order valence-electron chi connectivity index (χ0n) is 7.99. The van der Waals surface area contributed by atoms with Gasteiger partial charge in [0.1, 0.15) is 0 Å². The topological polar surface area (TPSA) is 72.2 Å². The third-order valence-corrected chi connectivity index (χ3v) is 2.41. The Hall–Kier alpha value is -1.43. The van der Waals surface area contributed by atoms with E-state index >= 15 is 0 Å². The van der Waals surface area contributed by atoms with Gasteiger partial charge in [-0.3, -0.25) is 14.9 Å². The molecule has 0 fully saturated rings. The number of hydrogen-bond acceptors (Lipinski definition) is 3. The number of nitrogens with one attached hydrogen (secondary N) is 1. The molecule has 0 aliphatic rings. The Balaban J connectivity index is 3.04. The Morgan fingerprint density at radius 1 is 1.60 bits per heavy atom. The normalized spacial score (nSPS) is 9.73. The van der Waals surface area contributed by atoms with Gasteiger partial charge in [-0.05, 0) is 13.0 Å². The Morgan fingerprint density at radius 3 is 2.80 bits per heavy atom. The second-order valence-corrected chi connectivity index (χ2v) is 3.45. The highest BCUT2D eigenvalue weighted by Gasteiger charge is 2.13. The molecular weight excluding hydrogens is 264 g/mol. The lowest BCUT2D eigenvalue weighted by Gasteiger charge is -2.06. The van der Waals surface area contributed by atoms with Crippen LogP contribution in [-0.2, 0) is 4.79 Å². The molecule has 0 saturated carbocycles. The number of carbonyl (C=O) groups is 1. The van der Waals surface area contributed by atoms with Crippen molar-refractivity contribution in [1.82, 2.24) is 0 Å². The molecule has 0 bridgehead atoms. The lowest BCUT2D eigenvalue weighted by Crippen LogP contribution is -2.13. The third-order valence-electron chi connectivity index (χ3n) is 1.90. The van der Waals surface area contributed by atoms with Gasteiger partial charge in [-0.2, -0.15) is 0 Å². The number of benzene rings is 1. The maximum atomic E-state index is 11.1. The minimum Gasteiger partial charge on any atom is -0.325 e. The van der Waals surface area contributed by atoms with Gasteiger partial charge in [-0.15, -0.1) is 0 Å². The number of hydrogen-bond donors (Lipinski definition) is 1. The van der Waals surface area contributed by atoms with Crippen LogP contribution in [0.5, 0.6) is 0 Å². The molecule has 6 heteroatoms. The van der Waals surface area contributed by atoms with Crippen LogP contribution in [0.1, 0.15) is 5.56 Å². The lowest BCUT2D eigenvalue weighted by molar-refractivity contribution is -0.385. The number of nitro benzene ring substituents is 1. The first-order valence-electron chi connectivity index (χ1n) is 4.16. The van der Waals surface area contributed by atoms with E-state index in [1.165, 1.54) is 12.1 Å². The van der Waals surface area contributed by atoms with E-state index in [-0.39, 0.29) is 16.9 Å². The van der Waals surface area contributed by atoms with Crippen LogP contribution >= 0.6 is 15.9 Å². The largest absolute Gasteiger partial charge is 0.325 e. The second kappa shape index (κ2) is 4.88. The number of rotatable bonds is 3. The second-order valence-electron chi connectivity index (χ2n) is 2.89. The van der Waals surface area contributed by atoms with E-state index in [4.69, 9.17) is 0 Å². The summed E-state index contributed by atoms with van der Waals surface area (Å²) in [6, 6.07) is 4.57. The zero-order chi connectivity index (χ0) is 11.4. The van der Waals surface area contributed by atoms with E-state index in [2.05, 4.69) is 21.2 Å². The van der Waals surface area contributed by atoms with Crippen molar-refractivity contribution in [3.8, 4) is 0 Å². The SMILES string of the molecule is Cc1c(NC(=O)CBr)cccc1[N+](=O)[O-]. The minimum atomic E-state index is -0.473. The molecule has 0 atom stereocenters. The average molecular weight is 273 g/mol. The smallest absolute Gasteiger partial charge is 0.274 e. The first-order chi connectivity index (χ1) is 7.06. The monoisotopic (exact) mass is 272 g/mol. The molecule has 5 nitrogen and oxygen atoms in total. The zero-order valence-corrected chi connectivity index (χ0v) is 9.58. The summed E-state index contributed by atoms with van der Waals surface area (Å²) in [6.07, 6.45) is 0. The fourth-order valence-electron chi connectivity index (χ4n) is 1.14. The van der Waals surface area contributed by atoms with Crippen molar-refractivity contribution in [3.05, 3.63) is 33.9 Å². The molecule has 0 unspecified atom stereocenters. The number of alkyl halides is 1. The van der Waals surface area contributed by atoms with Gasteiger partial charge in [0.25, 0.3) is 5.69 Å². The molecule has 0 radical (unpaired) electrons. The number of nitrogens with zero attached hydrogens (tertiary/aromatic N) is 1. The molecule has 0 aliphatic heterocycles. The van der Waals surface area contributed by atoms with Crippen molar-refractivity contribution >= 4 is 33.2 Å². The molecule has 0 aliphatic carbocycles. The Morgan fingerprint density at radius 2 is 2.27 bits per heavy atom. The summed E-state index contributed by atoms with van der Waals surface area (Å²) in [7, 11) is 0. The van der Waals surface area contributed by atoms with E-state index in [9.17, 15) is 14.9 Å². The minimum absolute atomic E-state index is 0.00220. The number of carbonyl (C=O) groups excluding carboxylic acids is 1. The molecule has 1 aromatic rings. The fourth-order valence-corrected chi connectivity index (χ4v) is 1.28. The highest BCUT2D eigenvalue weighted by molar-refractivity contribution is 9.09. The summed E-state index contributed by atoms with van der Waals surface area (Å²) < 4.78 is 0. The van der Waals surface area contributed by atoms with Gasteiger partial charge < -0.3 is 5.32 Å². The molecule has 1 aromatic carbocycles. The number of anilines is 1. The summed E-state index contributed by atoms with van der Waals surface area (Å²) in [4.78, 5) is 21.2. The van der Waals surface area contributed by atoms with Crippen molar-refractivity contribution in [3.63, 3.8) is 0 Å². The van der Waals surface area contributed by atoms with Crippen LogP contribution in [0.25, 0.3) is 0 Å². The van der Waals surface area contributed by atoms with E-state index < -0.39 is 4.92 Å². The third kappa shape index (κ3) is 2.76. The van der Waals surface area contributed by atoms with Gasteiger partial charge in [-0.1, -0.05) is 22.0 Å². The van der Waals surface area contributed by atoms with Gasteiger partial charge >= 0.3 is 0 Å². The summed E-state index contributed by atoms with van der Waals surface area (Å²) in [5.74, 6) is -0.237. The van der Waals surface area contributed by atoms with Gasteiger partial charge in [0.15, 0.2) is 0 Å². The van der Waals surface area contributed by atoms with Crippen molar-refractivity contribution in [2.45, 2.75) is 6.92 Å². The maximum Gasteiger partial charge on any atom is 0.274 e. The standard InChI is InChI=1S/C9H9BrN2O3/c1-6-7(11-9(13)5-10)3-2-4-8(6)12(14)15/h2-4H,5H2,1H3,(H,11,13). The van der Waals surface area contributed by atoms with Crippen LogP contribution in [0.15, 0.2) is 18.2 Å². The van der Waals surface area contributed by atoms with E-state index in [1.54, 1.807) is 13.0 Å². The molecule has 1 rings (SSSR count). The molecule has 15 heavy (non-hydrogen) atoms. The number of amides is 1. The Labute approximate surface area is 94.8 Å². The Kier molecular flexibility index (Phi) is 3.79. The highest BCUT2D eigenvalue weighted by Crippen LogP contribution is 2.24. The first-order valence-corrected chi connectivity index (χ1v) is 5.28. The van der Waals surface area contributed by atoms with E-state index in [0.29, 0.717) is 11.3 Å². The van der Waals surface area contributed by atoms with Crippen LogP contribution in [-0.4, -0.2) is 16.2 Å². The van der Waals surface area contributed by atoms with Crippen molar-refractivity contribution in [2.24, 2.45) is 0 Å². The molecule has 0 aromatic heterocycles. The van der Waals surface area contributed by atoms with Crippen molar-refractivity contribution in [2.75, 3.05) is 10.6 Å². The van der Waals surface area contributed by atoms with Gasteiger partial charge in [0, 0.05) is 6.07 Å². The molecule has 0 spiro atoms. The van der Waals surface area contributed by atoms with Crippen molar-refractivity contribution < 1.29 is 9.72 Å². The molecule has 80 valence electrons. The Bertz CT molecular complexity index is 406.